The van der Waals surface area contributed by atoms with Crippen molar-refractivity contribution in [1.29, 1.82) is 0 Å². The molecule has 0 aliphatic carbocycles. The Kier molecular flexibility index (Phi) is 5.82. The molecule has 1 N–H and O–H groups in total. The Hall–Kier alpha value is -1.92. The van der Waals surface area contributed by atoms with Crippen LogP contribution in [0.2, 0.25) is 0 Å². The zero-order chi connectivity index (χ0) is 16.8. The molecule has 1 aliphatic rings. The maximum atomic E-state index is 12.9. The second kappa shape index (κ2) is 8.26. The Morgan fingerprint density at radius 1 is 1.00 bits per heavy atom. The molecule has 0 radical (unpaired) electrons. The molecule has 0 aromatic carbocycles. The zero-order valence-electron chi connectivity index (χ0n) is 13.4. The highest BCUT2D eigenvalue weighted by Crippen LogP contribution is 2.17. The van der Waals surface area contributed by atoms with Crippen molar-refractivity contribution in [2.45, 2.75) is 25.7 Å². The Balaban J connectivity index is 1.81. The number of carbonyl (C=O) groups excluding carboxylic acids is 2. The third-order valence-corrected chi connectivity index (χ3v) is 5.63. The normalized spacial score (nSPS) is 15.8. The second-order valence-electron chi connectivity index (χ2n) is 5.71. The van der Waals surface area contributed by atoms with E-state index in [1.165, 1.54) is 11.3 Å². The quantitative estimate of drug-likeness (QED) is 0.839. The van der Waals surface area contributed by atoms with Gasteiger partial charge < -0.3 is 10.2 Å². The molecule has 3 rings (SSSR count). The third-order valence-electron chi connectivity index (χ3n) is 3.95. The van der Waals surface area contributed by atoms with Crippen LogP contribution in [-0.4, -0.2) is 29.8 Å². The Labute approximate surface area is 149 Å². The molecule has 2 aromatic rings. The first-order chi connectivity index (χ1) is 11.7. The first-order valence-electron chi connectivity index (χ1n) is 8.13. The van der Waals surface area contributed by atoms with Crippen molar-refractivity contribution >= 4 is 40.6 Å². The molecule has 3 heterocycles. The minimum atomic E-state index is -0.226. The lowest BCUT2D eigenvalue weighted by atomic mass is 10.2. The molecule has 0 spiro atoms. The van der Waals surface area contributed by atoms with Gasteiger partial charge in [0.25, 0.3) is 11.8 Å². The van der Waals surface area contributed by atoms with Gasteiger partial charge in [0.05, 0.1) is 4.88 Å². The molecule has 24 heavy (non-hydrogen) atoms. The first kappa shape index (κ1) is 16.9. The molecule has 4 nitrogen and oxygen atoms in total. The van der Waals surface area contributed by atoms with Gasteiger partial charge in [-0.25, -0.2) is 0 Å². The Morgan fingerprint density at radius 2 is 1.71 bits per heavy atom. The van der Waals surface area contributed by atoms with Gasteiger partial charge in [0.2, 0.25) is 0 Å². The average Bonchev–Trinajstić information content (AvgIpc) is 3.23. The molecular formula is C18H20N2O2S2. The summed E-state index contributed by atoms with van der Waals surface area (Å²) in [5, 5.41) is 6.64. The maximum Gasteiger partial charge on any atom is 0.270 e. The van der Waals surface area contributed by atoms with Crippen LogP contribution in [0.15, 0.2) is 40.7 Å². The van der Waals surface area contributed by atoms with Crippen LogP contribution >= 0.6 is 22.7 Å². The molecular weight excluding hydrogens is 340 g/mol. The summed E-state index contributed by atoms with van der Waals surface area (Å²) in [5.41, 5.74) is 0.359. The lowest BCUT2D eigenvalue weighted by Gasteiger charge is -2.22. The fraction of sp³-hybridized carbons (Fsp3) is 0.333. The number of hydrogen-bond acceptors (Lipinski definition) is 4. The van der Waals surface area contributed by atoms with Crippen molar-refractivity contribution in [2.24, 2.45) is 0 Å². The van der Waals surface area contributed by atoms with Crippen molar-refractivity contribution in [3.05, 3.63) is 50.5 Å². The lowest BCUT2D eigenvalue weighted by Crippen LogP contribution is -2.38. The highest BCUT2D eigenvalue weighted by Gasteiger charge is 2.22. The molecule has 0 saturated carbocycles. The minimum absolute atomic E-state index is 0.0878. The second-order valence-corrected chi connectivity index (χ2v) is 7.64. The van der Waals surface area contributed by atoms with Crippen LogP contribution in [0.3, 0.4) is 0 Å². The van der Waals surface area contributed by atoms with E-state index in [0.717, 1.165) is 43.6 Å². The molecule has 6 heteroatoms. The standard InChI is InChI=1S/C18H20N2O2S2/c21-17(16-8-6-12-24-16)19-15(13-14-7-5-11-23-14)18(22)20-9-3-1-2-4-10-20/h5-8,11-13H,1-4,9-10H2,(H,19,21)/b15-13+. The van der Waals surface area contributed by atoms with Gasteiger partial charge in [-0.15, -0.1) is 22.7 Å². The van der Waals surface area contributed by atoms with Gasteiger partial charge in [0.1, 0.15) is 5.70 Å². The number of nitrogens with zero attached hydrogens (tertiary/aromatic N) is 1. The molecule has 0 bridgehead atoms. The average molecular weight is 361 g/mol. The fourth-order valence-corrected chi connectivity index (χ4v) is 3.98. The lowest BCUT2D eigenvalue weighted by molar-refractivity contribution is -0.127. The van der Waals surface area contributed by atoms with E-state index in [0.29, 0.717) is 10.6 Å². The highest BCUT2D eigenvalue weighted by atomic mass is 32.1. The number of rotatable bonds is 4. The molecule has 0 unspecified atom stereocenters. The summed E-state index contributed by atoms with van der Waals surface area (Å²) < 4.78 is 0. The third kappa shape index (κ3) is 4.33. The zero-order valence-corrected chi connectivity index (χ0v) is 15.0. The SMILES string of the molecule is O=C(N/C(=C/c1cccs1)C(=O)N1CCCCCC1)c1cccs1. The van der Waals surface area contributed by atoms with Gasteiger partial charge in [0.15, 0.2) is 0 Å². The number of thiophene rings is 2. The number of amides is 2. The highest BCUT2D eigenvalue weighted by molar-refractivity contribution is 7.12. The van der Waals surface area contributed by atoms with Crippen LogP contribution in [-0.2, 0) is 4.79 Å². The van der Waals surface area contributed by atoms with Crippen molar-refractivity contribution in [3.63, 3.8) is 0 Å². The van der Waals surface area contributed by atoms with Gasteiger partial charge in [0, 0.05) is 18.0 Å². The van der Waals surface area contributed by atoms with E-state index in [1.54, 1.807) is 23.5 Å². The van der Waals surface area contributed by atoms with Gasteiger partial charge in [-0.3, -0.25) is 9.59 Å². The summed E-state index contributed by atoms with van der Waals surface area (Å²) in [6, 6.07) is 7.47. The van der Waals surface area contributed by atoms with E-state index >= 15 is 0 Å². The molecule has 1 aliphatic heterocycles. The van der Waals surface area contributed by atoms with Crippen molar-refractivity contribution in [2.75, 3.05) is 13.1 Å². The Bertz CT molecular complexity index is 697. The minimum Gasteiger partial charge on any atom is -0.337 e. The van der Waals surface area contributed by atoms with E-state index in [4.69, 9.17) is 0 Å². The van der Waals surface area contributed by atoms with Crippen LogP contribution in [0.1, 0.15) is 40.2 Å². The van der Waals surface area contributed by atoms with Crippen LogP contribution in [0.25, 0.3) is 6.08 Å². The molecule has 2 aromatic heterocycles. The summed E-state index contributed by atoms with van der Waals surface area (Å²) >= 11 is 2.92. The predicted molar refractivity (Wildman–Crippen MR) is 99.1 cm³/mol. The van der Waals surface area contributed by atoms with Crippen LogP contribution < -0.4 is 5.32 Å². The fourth-order valence-electron chi connectivity index (χ4n) is 2.70. The summed E-state index contributed by atoms with van der Waals surface area (Å²) in [6.45, 7) is 1.52. The summed E-state index contributed by atoms with van der Waals surface area (Å²) in [6.07, 6.45) is 6.15. The predicted octanol–water partition coefficient (Wildman–Crippen LogP) is 3.98. The van der Waals surface area contributed by atoms with Crippen LogP contribution in [0, 0.1) is 0 Å². The van der Waals surface area contributed by atoms with E-state index in [2.05, 4.69) is 5.32 Å². The molecule has 0 atom stereocenters. The van der Waals surface area contributed by atoms with Gasteiger partial charge in [-0.05, 0) is 41.8 Å². The van der Waals surface area contributed by atoms with Crippen LogP contribution in [0.4, 0.5) is 0 Å². The van der Waals surface area contributed by atoms with Crippen molar-refractivity contribution < 1.29 is 9.59 Å². The topological polar surface area (TPSA) is 49.4 Å². The largest absolute Gasteiger partial charge is 0.337 e. The summed E-state index contributed by atoms with van der Waals surface area (Å²) in [4.78, 5) is 28.8. The number of hydrogen-bond donors (Lipinski definition) is 1. The van der Waals surface area contributed by atoms with E-state index in [9.17, 15) is 9.59 Å². The van der Waals surface area contributed by atoms with Crippen LogP contribution in [0.5, 0.6) is 0 Å². The number of carbonyl (C=O) groups is 2. The maximum absolute atomic E-state index is 12.9. The Morgan fingerprint density at radius 3 is 2.33 bits per heavy atom. The van der Waals surface area contributed by atoms with Crippen molar-refractivity contribution in [3.8, 4) is 0 Å². The molecule has 2 amide bonds. The number of likely N-dealkylation sites (tertiary alicyclic amines) is 1. The first-order valence-corrected chi connectivity index (χ1v) is 9.89. The molecule has 1 fully saturated rings. The van der Waals surface area contributed by atoms with Crippen molar-refractivity contribution in [1.82, 2.24) is 10.2 Å². The smallest absolute Gasteiger partial charge is 0.270 e. The molecule has 1 saturated heterocycles. The summed E-state index contributed by atoms with van der Waals surface area (Å²) in [5.74, 6) is -0.314. The van der Waals surface area contributed by atoms with E-state index in [1.807, 2.05) is 33.9 Å². The van der Waals surface area contributed by atoms with E-state index in [-0.39, 0.29) is 11.8 Å². The van der Waals surface area contributed by atoms with Gasteiger partial charge in [-0.1, -0.05) is 25.0 Å². The summed E-state index contributed by atoms with van der Waals surface area (Å²) in [7, 11) is 0. The van der Waals surface area contributed by atoms with Gasteiger partial charge in [-0.2, -0.15) is 0 Å². The van der Waals surface area contributed by atoms with Gasteiger partial charge >= 0.3 is 0 Å². The number of nitrogens with one attached hydrogen (secondary N) is 1. The van der Waals surface area contributed by atoms with E-state index < -0.39 is 0 Å². The monoisotopic (exact) mass is 360 g/mol. The molecule has 126 valence electrons.